The number of methoxy groups -OCH3 is 1. The van der Waals surface area contributed by atoms with E-state index < -0.39 is 98.0 Å². The Kier molecular flexibility index (Phi) is 10.6. The molecule has 8 atom stereocenters. The van der Waals surface area contributed by atoms with Gasteiger partial charge in [-0.3, -0.25) is 19.1 Å². The highest BCUT2D eigenvalue weighted by Crippen LogP contribution is 2.53. The molecule has 15 nitrogen and oxygen atoms in total. The molecule has 318 valence electrons. The van der Waals surface area contributed by atoms with E-state index in [1.165, 1.54) is 18.9 Å². The number of alkyl carbamates (subject to hydrolysis) is 1. The number of benzene rings is 1. The summed E-state index contributed by atoms with van der Waals surface area (Å²) in [6.07, 6.45) is -0.559. The second-order valence-corrected chi connectivity index (χ2v) is 20.4. The molecular weight excluding hydrogens is 779 g/mol. The molecule has 1 aromatic heterocycles. The maximum atomic E-state index is 14.8. The Morgan fingerprint density at radius 2 is 1.84 bits per heavy atom. The van der Waals surface area contributed by atoms with Gasteiger partial charge in [-0.15, -0.1) is 0 Å². The topological polar surface area (TPSA) is 195 Å². The van der Waals surface area contributed by atoms with Gasteiger partial charge in [0.1, 0.15) is 40.8 Å². The van der Waals surface area contributed by atoms with Crippen LogP contribution in [0.3, 0.4) is 0 Å². The molecule has 1 unspecified atom stereocenters. The van der Waals surface area contributed by atoms with Crippen LogP contribution in [0.5, 0.6) is 11.6 Å². The van der Waals surface area contributed by atoms with Gasteiger partial charge in [0.25, 0.3) is 5.91 Å². The molecular formula is C40H54F2N6O9S. The van der Waals surface area contributed by atoms with Crippen molar-refractivity contribution in [2.75, 3.05) is 13.7 Å². The van der Waals surface area contributed by atoms with Gasteiger partial charge in [0.15, 0.2) is 0 Å². The molecule has 1 saturated heterocycles. The summed E-state index contributed by atoms with van der Waals surface area (Å²) in [7, 11) is -2.71. The largest absolute Gasteiger partial charge is 0.497 e. The minimum atomic E-state index is -4.24. The Bertz CT molecular complexity index is 2110. The van der Waals surface area contributed by atoms with Crippen LogP contribution in [-0.4, -0.2) is 101 Å². The van der Waals surface area contributed by atoms with Crippen molar-refractivity contribution in [2.24, 2.45) is 23.2 Å². The predicted octanol–water partition coefficient (Wildman–Crippen LogP) is 4.41. The first-order chi connectivity index (χ1) is 27.2. The van der Waals surface area contributed by atoms with E-state index in [9.17, 15) is 36.4 Å². The van der Waals surface area contributed by atoms with Crippen molar-refractivity contribution in [3.8, 4) is 11.6 Å². The third-order valence-corrected chi connectivity index (χ3v) is 15.2. The monoisotopic (exact) mass is 832 g/mol. The lowest BCUT2D eigenvalue weighted by Gasteiger charge is -2.36. The lowest BCUT2D eigenvalue weighted by atomic mass is 9.85. The van der Waals surface area contributed by atoms with Crippen molar-refractivity contribution in [1.82, 2.24) is 30.2 Å². The number of halogens is 2. The van der Waals surface area contributed by atoms with Crippen LogP contribution in [0.1, 0.15) is 98.6 Å². The zero-order chi connectivity index (χ0) is 42.2. The number of aryl methyl sites for hydroxylation is 1. The summed E-state index contributed by atoms with van der Waals surface area (Å²) in [4.78, 5) is 67.6. The molecule has 4 fully saturated rings. The van der Waals surface area contributed by atoms with Crippen LogP contribution in [0.4, 0.5) is 13.6 Å². The number of nitrogens with zero attached hydrogens (tertiary/aromatic N) is 3. The maximum Gasteiger partial charge on any atom is 0.408 e. The number of aromatic nitrogens is 2. The Morgan fingerprint density at radius 1 is 1.12 bits per heavy atom. The highest BCUT2D eigenvalue weighted by Gasteiger charge is 2.68. The van der Waals surface area contributed by atoms with E-state index in [0.717, 1.165) is 19.3 Å². The van der Waals surface area contributed by atoms with Gasteiger partial charge >= 0.3 is 6.09 Å². The molecule has 7 rings (SSSR count). The van der Waals surface area contributed by atoms with Crippen LogP contribution in [0, 0.1) is 23.2 Å². The summed E-state index contributed by atoms with van der Waals surface area (Å²) in [6.45, 7) is 10.1. The Morgan fingerprint density at radius 3 is 2.47 bits per heavy atom. The molecule has 0 radical (unpaired) electrons. The first-order valence-electron chi connectivity index (χ1n) is 20.2. The molecule has 18 heteroatoms. The molecule has 58 heavy (non-hydrogen) atoms. The number of carbonyl (C=O) groups is 4. The fourth-order valence-electron chi connectivity index (χ4n) is 8.61. The van der Waals surface area contributed by atoms with Crippen molar-refractivity contribution in [1.29, 1.82) is 0 Å². The summed E-state index contributed by atoms with van der Waals surface area (Å²) >= 11 is 0. The molecule has 0 spiro atoms. The number of hydrogen-bond acceptors (Lipinski definition) is 11. The Hall–Kier alpha value is -4.35. The number of rotatable bonds is 8. The van der Waals surface area contributed by atoms with Crippen molar-refractivity contribution >= 4 is 44.9 Å². The van der Waals surface area contributed by atoms with Crippen molar-refractivity contribution in [3.05, 3.63) is 23.9 Å². The number of alkyl halides is 2. The number of amides is 4. The highest BCUT2D eigenvalue weighted by atomic mass is 32.2. The normalized spacial score (nSPS) is 32.1. The Balaban J connectivity index is 1.26. The van der Waals surface area contributed by atoms with Crippen LogP contribution in [0.2, 0.25) is 0 Å². The van der Waals surface area contributed by atoms with Gasteiger partial charge in [-0.25, -0.2) is 32.0 Å². The van der Waals surface area contributed by atoms with E-state index in [-0.39, 0.29) is 18.3 Å². The fraction of sp³-hybridized carbons (Fsp3) is 0.700. The number of hydrogen-bond donors (Lipinski definition) is 3. The Labute approximate surface area is 337 Å². The van der Waals surface area contributed by atoms with Gasteiger partial charge in [-0.1, -0.05) is 41.0 Å². The second-order valence-electron chi connectivity index (χ2n) is 18.2. The minimum absolute atomic E-state index is 0.133. The number of nitrogens with one attached hydrogen (secondary N) is 3. The van der Waals surface area contributed by atoms with E-state index in [1.54, 1.807) is 45.9 Å². The quantitative estimate of drug-likeness (QED) is 0.341. The molecule has 3 aliphatic carbocycles. The predicted molar refractivity (Wildman–Crippen MR) is 206 cm³/mol. The number of sulfonamides is 1. The SMILES string of the molecule is CC[C@@]12CC1CCCCc1nc3ccc(OC)cc3nc1O[C@H]1CN(C(=O)[C@H](C(C)(C)C)NC(=O)O2)[C@H](C(=O)N[C@]2(C(=O)NS(=O)(=O)C3(C)CC3)C[C@H]2C(F)F)[C@@H]1C. The van der Waals surface area contributed by atoms with Crippen molar-refractivity contribution in [3.63, 3.8) is 0 Å². The van der Waals surface area contributed by atoms with Gasteiger partial charge in [0.2, 0.25) is 34.1 Å². The van der Waals surface area contributed by atoms with E-state index in [1.807, 2.05) is 11.6 Å². The number of fused-ring (bicyclic) bond motifs is 5. The minimum Gasteiger partial charge on any atom is -0.497 e. The fourth-order valence-corrected chi connectivity index (χ4v) is 9.92. The van der Waals surface area contributed by atoms with Crippen LogP contribution >= 0.6 is 0 Å². The van der Waals surface area contributed by atoms with Crippen LogP contribution in [0.15, 0.2) is 18.2 Å². The molecule has 3 saturated carbocycles. The van der Waals surface area contributed by atoms with Gasteiger partial charge in [0.05, 0.1) is 35.4 Å². The lowest BCUT2D eigenvalue weighted by Crippen LogP contribution is -2.61. The van der Waals surface area contributed by atoms with Gasteiger partial charge in [0, 0.05) is 17.9 Å². The summed E-state index contributed by atoms with van der Waals surface area (Å²) in [6, 6.07) is 2.66. The average molecular weight is 833 g/mol. The third kappa shape index (κ3) is 7.65. The molecule has 2 aliphatic heterocycles. The molecule has 3 heterocycles. The third-order valence-electron chi connectivity index (χ3n) is 13.1. The standard InChI is InChI=1S/C40H54F2N6O9S/c1-8-39-18-22(39)11-9-10-12-26-33(44-27-17-23(55-7)13-14-25(27)43-26)56-28-20-48(34(50)30(37(3,4)5)45-36(52)57-39)29(21(28)2)32(49)46-40(19-24(40)31(41)42)35(51)47-58(53,54)38(6)15-16-38/h13-14,17,21-22,24,28-31H,8-12,15-16,18-20H2,1-7H3,(H,45,52)(H,46,49)(H,47,51)/t21-,22?,24+,28+,29+,30-,39-,40-/m1/s1. The summed E-state index contributed by atoms with van der Waals surface area (Å²) in [5.74, 6) is -4.50. The number of ether oxygens (including phenoxy) is 3. The molecule has 1 aromatic carbocycles. The van der Waals surface area contributed by atoms with Crippen LogP contribution in [-0.2, 0) is 35.6 Å². The van der Waals surface area contributed by atoms with Crippen LogP contribution in [0.25, 0.3) is 11.0 Å². The highest BCUT2D eigenvalue weighted by molar-refractivity contribution is 7.91. The van der Waals surface area contributed by atoms with E-state index in [2.05, 4.69) is 10.6 Å². The molecule has 3 N–H and O–H groups in total. The van der Waals surface area contributed by atoms with E-state index >= 15 is 0 Å². The zero-order valence-electron chi connectivity index (χ0n) is 34.0. The first-order valence-corrected chi connectivity index (χ1v) is 21.6. The van der Waals surface area contributed by atoms with Gasteiger partial charge in [-0.05, 0) is 75.8 Å². The number of carbonyl (C=O) groups excluding carboxylic acids is 4. The van der Waals surface area contributed by atoms with Crippen LogP contribution < -0.4 is 24.8 Å². The summed E-state index contributed by atoms with van der Waals surface area (Å²) < 4.78 is 73.5. The lowest BCUT2D eigenvalue weighted by molar-refractivity contribution is -0.143. The first kappa shape index (κ1) is 41.8. The zero-order valence-corrected chi connectivity index (χ0v) is 34.8. The van der Waals surface area contributed by atoms with Crippen molar-refractivity contribution in [2.45, 2.75) is 140 Å². The smallest absolute Gasteiger partial charge is 0.408 e. The maximum absolute atomic E-state index is 14.8. The van der Waals surface area contributed by atoms with E-state index in [4.69, 9.17) is 24.2 Å². The summed E-state index contributed by atoms with van der Waals surface area (Å²) in [5, 5.41) is 5.26. The molecule has 2 bridgehead atoms. The summed E-state index contributed by atoms with van der Waals surface area (Å²) in [5.41, 5.74) is -2.17. The van der Waals surface area contributed by atoms with Crippen molar-refractivity contribution < 1.29 is 50.6 Å². The molecule has 5 aliphatic rings. The second kappa shape index (κ2) is 14.7. The average Bonchev–Trinajstić information content (AvgIpc) is 4.11. The van der Waals surface area contributed by atoms with Gasteiger partial charge < -0.3 is 29.7 Å². The molecule has 2 aromatic rings. The van der Waals surface area contributed by atoms with Gasteiger partial charge in [-0.2, -0.15) is 0 Å². The van der Waals surface area contributed by atoms with E-state index in [0.29, 0.717) is 54.6 Å². The molecule has 4 amide bonds.